The Labute approximate surface area is 181 Å². The number of thioether (sulfide) groups is 1. The number of nitrogens with zero attached hydrogens (tertiary/aromatic N) is 3. The second-order valence-electron chi connectivity index (χ2n) is 6.28. The lowest BCUT2D eigenvalue weighted by Crippen LogP contribution is -2.28. The van der Waals surface area contributed by atoms with Crippen LogP contribution in [-0.2, 0) is 4.79 Å². The van der Waals surface area contributed by atoms with Crippen LogP contribution in [0.15, 0.2) is 88.8 Å². The lowest BCUT2D eigenvalue weighted by molar-refractivity contribution is -0.384. The molecule has 4 rings (SSSR count). The van der Waals surface area contributed by atoms with Gasteiger partial charge in [0.15, 0.2) is 5.17 Å². The first kappa shape index (κ1) is 19.9. The molecule has 0 N–H and O–H groups in total. The van der Waals surface area contributed by atoms with Crippen LogP contribution in [0.25, 0.3) is 6.08 Å². The van der Waals surface area contributed by atoms with Gasteiger partial charge < -0.3 is 0 Å². The van der Waals surface area contributed by atoms with E-state index in [1.165, 1.54) is 28.8 Å². The molecule has 1 amide bonds. The highest BCUT2D eigenvalue weighted by Crippen LogP contribution is 2.37. The molecule has 0 radical (unpaired) electrons. The highest BCUT2D eigenvalue weighted by molar-refractivity contribution is 8.19. The van der Waals surface area contributed by atoms with E-state index in [-0.39, 0.29) is 16.6 Å². The Morgan fingerprint density at radius 3 is 2.33 bits per heavy atom. The summed E-state index contributed by atoms with van der Waals surface area (Å²) in [5, 5.41) is 11.7. The van der Waals surface area contributed by atoms with Crippen molar-refractivity contribution in [3.05, 3.63) is 104 Å². The van der Waals surface area contributed by atoms with E-state index in [9.17, 15) is 14.9 Å². The fraction of sp³-hybridized carbons (Fsp3) is 0. The number of amidine groups is 1. The molecule has 0 aromatic heterocycles. The van der Waals surface area contributed by atoms with E-state index in [0.717, 1.165) is 5.69 Å². The molecule has 0 atom stereocenters. The molecular formula is C22H14ClN3O3S. The zero-order valence-electron chi connectivity index (χ0n) is 15.4. The van der Waals surface area contributed by atoms with E-state index in [1.54, 1.807) is 12.1 Å². The van der Waals surface area contributed by atoms with E-state index in [1.807, 2.05) is 60.7 Å². The summed E-state index contributed by atoms with van der Waals surface area (Å²) in [6.07, 6.45) is 1.61. The van der Waals surface area contributed by atoms with Crippen molar-refractivity contribution in [2.75, 3.05) is 4.90 Å². The van der Waals surface area contributed by atoms with Crippen LogP contribution < -0.4 is 4.90 Å². The molecule has 1 saturated heterocycles. The summed E-state index contributed by atoms with van der Waals surface area (Å²) in [6, 6.07) is 23.0. The minimum atomic E-state index is -0.549. The number of benzene rings is 3. The number of nitro benzene ring substituents is 1. The highest BCUT2D eigenvalue weighted by atomic mass is 35.5. The first-order valence-electron chi connectivity index (χ1n) is 8.89. The first-order chi connectivity index (χ1) is 14.5. The fourth-order valence-corrected chi connectivity index (χ4v) is 4.06. The van der Waals surface area contributed by atoms with Gasteiger partial charge in [0, 0.05) is 6.07 Å². The summed E-state index contributed by atoms with van der Waals surface area (Å²) in [6.45, 7) is 0. The van der Waals surface area contributed by atoms with Crippen molar-refractivity contribution in [3.8, 4) is 0 Å². The van der Waals surface area contributed by atoms with Crippen molar-refractivity contribution in [2.45, 2.75) is 0 Å². The molecule has 1 aliphatic heterocycles. The SMILES string of the molecule is O=C1/C(=C\c2ccc(Cl)c([N+](=O)[O-])c2)SC(=Nc2ccccc2)N1c1ccccc1. The number of hydrogen-bond acceptors (Lipinski definition) is 5. The molecule has 3 aromatic rings. The van der Waals surface area contributed by atoms with Crippen molar-refractivity contribution in [1.82, 2.24) is 0 Å². The van der Waals surface area contributed by atoms with Crippen molar-refractivity contribution in [3.63, 3.8) is 0 Å². The van der Waals surface area contributed by atoms with Gasteiger partial charge >= 0.3 is 0 Å². The Balaban J connectivity index is 1.77. The maximum atomic E-state index is 13.2. The minimum absolute atomic E-state index is 0.0461. The van der Waals surface area contributed by atoms with Gasteiger partial charge in [-0.1, -0.05) is 54.1 Å². The maximum Gasteiger partial charge on any atom is 0.288 e. The Bertz CT molecular complexity index is 1180. The summed E-state index contributed by atoms with van der Waals surface area (Å²) < 4.78 is 0. The molecule has 1 fully saturated rings. The van der Waals surface area contributed by atoms with Crippen LogP contribution >= 0.6 is 23.4 Å². The molecule has 8 heteroatoms. The quantitative estimate of drug-likeness (QED) is 0.283. The second-order valence-corrected chi connectivity index (χ2v) is 7.70. The molecule has 0 saturated carbocycles. The number of aliphatic imine (C=N–C) groups is 1. The number of rotatable bonds is 4. The molecular weight excluding hydrogens is 422 g/mol. The number of amides is 1. The largest absolute Gasteiger partial charge is 0.288 e. The fourth-order valence-electron chi connectivity index (χ4n) is 2.88. The molecule has 0 bridgehead atoms. The number of nitro groups is 1. The van der Waals surface area contributed by atoms with Gasteiger partial charge in [0.25, 0.3) is 11.6 Å². The van der Waals surface area contributed by atoms with Crippen LogP contribution in [0.2, 0.25) is 5.02 Å². The van der Waals surface area contributed by atoms with Crippen LogP contribution in [0.1, 0.15) is 5.56 Å². The predicted molar refractivity (Wildman–Crippen MR) is 121 cm³/mol. The van der Waals surface area contributed by atoms with Gasteiger partial charge in [0.05, 0.1) is 21.2 Å². The number of halogens is 1. The normalized spacial score (nSPS) is 16.4. The maximum absolute atomic E-state index is 13.2. The zero-order valence-corrected chi connectivity index (χ0v) is 17.0. The molecule has 0 unspecified atom stereocenters. The zero-order chi connectivity index (χ0) is 21.1. The van der Waals surface area contributed by atoms with Crippen molar-refractivity contribution < 1.29 is 9.72 Å². The van der Waals surface area contributed by atoms with Crippen LogP contribution in [0.5, 0.6) is 0 Å². The van der Waals surface area contributed by atoms with Gasteiger partial charge in [-0.05, 0) is 53.7 Å². The van der Waals surface area contributed by atoms with Gasteiger partial charge in [0.2, 0.25) is 0 Å². The van der Waals surface area contributed by atoms with Crippen molar-refractivity contribution in [1.29, 1.82) is 0 Å². The van der Waals surface area contributed by atoms with E-state index in [4.69, 9.17) is 11.6 Å². The Morgan fingerprint density at radius 1 is 1.00 bits per heavy atom. The lowest BCUT2D eigenvalue weighted by Gasteiger charge is -2.15. The molecule has 30 heavy (non-hydrogen) atoms. The van der Waals surface area contributed by atoms with E-state index >= 15 is 0 Å². The molecule has 3 aromatic carbocycles. The average molecular weight is 436 g/mol. The number of hydrogen-bond donors (Lipinski definition) is 0. The standard InChI is InChI=1S/C22H14ClN3O3S/c23-18-12-11-15(13-19(18)26(28)29)14-20-21(27)25(17-9-5-2-6-10-17)22(30-20)24-16-7-3-1-4-8-16/h1-14H/b20-14+,24-22?. The van der Waals surface area contributed by atoms with Gasteiger partial charge in [-0.3, -0.25) is 19.8 Å². The third-order valence-corrected chi connectivity index (χ3v) is 5.55. The van der Waals surface area contributed by atoms with Crippen LogP contribution in [0.4, 0.5) is 17.1 Å². The Morgan fingerprint density at radius 2 is 1.67 bits per heavy atom. The third kappa shape index (κ3) is 4.12. The summed E-state index contributed by atoms with van der Waals surface area (Å²) in [5.74, 6) is -0.251. The van der Waals surface area contributed by atoms with Gasteiger partial charge in [-0.15, -0.1) is 0 Å². The van der Waals surface area contributed by atoms with Gasteiger partial charge in [-0.25, -0.2) is 4.99 Å². The first-order valence-corrected chi connectivity index (χ1v) is 10.1. The van der Waals surface area contributed by atoms with Gasteiger partial charge in [0.1, 0.15) is 5.02 Å². The van der Waals surface area contributed by atoms with Crippen molar-refractivity contribution >= 4 is 57.6 Å². The van der Waals surface area contributed by atoms with Crippen LogP contribution in [0.3, 0.4) is 0 Å². The summed E-state index contributed by atoms with van der Waals surface area (Å²) in [5.41, 5.74) is 1.71. The monoisotopic (exact) mass is 435 g/mol. The Kier molecular flexibility index (Phi) is 5.65. The van der Waals surface area contributed by atoms with Crippen molar-refractivity contribution in [2.24, 2.45) is 4.99 Å². The number of carbonyl (C=O) groups excluding carboxylic acids is 1. The van der Waals surface area contributed by atoms with E-state index in [2.05, 4.69) is 4.99 Å². The minimum Gasteiger partial charge on any atom is -0.268 e. The van der Waals surface area contributed by atoms with E-state index in [0.29, 0.717) is 21.3 Å². The lowest BCUT2D eigenvalue weighted by atomic mass is 10.2. The van der Waals surface area contributed by atoms with Crippen LogP contribution in [0, 0.1) is 10.1 Å². The number of para-hydroxylation sites is 2. The summed E-state index contributed by atoms with van der Waals surface area (Å²) in [4.78, 5) is 30.4. The molecule has 0 aliphatic carbocycles. The smallest absolute Gasteiger partial charge is 0.268 e. The molecule has 148 valence electrons. The second kappa shape index (κ2) is 8.52. The molecule has 6 nitrogen and oxygen atoms in total. The molecule has 1 heterocycles. The summed E-state index contributed by atoms with van der Waals surface area (Å²) >= 11 is 7.11. The van der Waals surface area contributed by atoms with E-state index < -0.39 is 4.92 Å². The Hall–Kier alpha value is -3.42. The number of anilines is 1. The topological polar surface area (TPSA) is 75.8 Å². The molecule has 0 spiro atoms. The predicted octanol–water partition coefficient (Wildman–Crippen LogP) is 6.06. The number of carbonyl (C=O) groups is 1. The highest BCUT2D eigenvalue weighted by Gasteiger charge is 2.34. The third-order valence-electron chi connectivity index (χ3n) is 4.27. The average Bonchev–Trinajstić information content (AvgIpc) is 3.05. The summed E-state index contributed by atoms with van der Waals surface area (Å²) in [7, 11) is 0. The van der Waals surface area contributed by atoms with Gasteiger partial charge in [-0.2, -0.15) is 0 Å². The molecule has 1 aliphatic rings. The van der Waals surface area contributed by atoms with Crippen LogP contribution in [-0.4, -0.2) is 16.0 Å².